The zero-order chi connectivity index (χ0) is 15.3. The summed E-state index contributed by atoms with van der Waals surface area (Å²) in [4.78, 5) is 24.6. The Balaban J connectivity index is 2.98. The molecule has 0 N–H and O–H groups in total. The van der Waals surface area contributed by atoms with Crippen LogP contribution in [0.1, 0.15) is 37.9 Å². The maximum atomic E-state index is 12.0. The van der Waals surface area contributed by atoms with Crippen molar-refractivity contribution in [2.75, 3.05) is 7.05 Å². The summed E-state index contributed by atoms with van der Waals surface area (Å²) in [5, 5.41) is 0. The molecule has 1 atom stereocenters. The number of aldehydes is 1. The normalized spacial score (nSPS) is 12.2. The Morgan fingerprint density at radius 3 is 2.60 bits per heavy atom. The monoisotopic (exact) mass is 273 g/mol. The second-order valence-corrected chi connectivity index (χ2v) is 5.44. The molecular weight excluding hydrogens is 254 g/mol. The number of likely N-dealkylation sites (N-methyl/N-ethyl adjacent to an activating group) is 1. The highest BCUT2D eigenvalue weighted by Gasteiger charge is 2.26. The molecule has 1 unspecified atom stereocenters. The molecule has 1 amide bonds. The molecule has 4 nitrogen and oxygen atoms in total. The Bertz CT molecular complexity index is 537. The number of ether oxygens (including phenoxy) is 1. The van der Waals surface area contributed by atoms with Crippen molar-refractivity contribution in [1.82, 2.24) is 4.90 Å². The Hall–Kier alpha value is -2.28. The first-order valence-corrected chi connectivity index (χ1v) is 6.26. The molecule has 0 bridgehead atoms. The topological polar surface area (TPSA) is 46.6 Å². The summed E-state index contributed by atoms with van der Waals surface area (Å²) in [7, 11) is 1.52. The summed E-state index contributed by atoms with van der Waals surface area (Å²) in [5.74, 6) is 2.50. The smallest absolute Gasteiger partial charge is 0.410 e. The van der Waals surface area contributed by atoms with Gasteiger partial charge in [-0.25, -0.2) is 4.79 Å². The fourth-order valence-electron chi connectivity index (χ4n) is 1.65. The van der Waals surface area contributed by atoms with Gasteiger partial charge in [-0.1, -0.05) is 18.1 Å². The molecule has 1 aromatic rings. The number of amides is 1. The van der Waals surface area contributed by atoms with Crippen molar-refractivity contribution in [2.24, 2.45) is 0 Å². The minimum absolute atomic E-state index is 0.555. The number of hydrogen-bond acceptors (Lipinski definition) is 3. The Morgan fingerprint density at radius 1 is 1.45 bits per heavy atom. The Kier molecular flexibility index (Phi) is 4.93. The zero-order valence-corrected chi connectivity index (χ0v) is 12.2. The van der Waals surface area contributed by atoms with E-state index in [2.05, 4.69) is 5.92 Å². The van der Waals surface area contributed by atoms with Crippen LogP contribution in [0.25, 0.3) is 0 Å². The summed E-state index contributed by atoms with van der Waals surface area (Å²) >= 11 is 0. The van der Waals surface area contributed by atoms with Crippen LogP contribution in [0.15, 0.2) is 24.3 Å². The number of hydrogen-bond donors (Lipinski definition) is 0. The minimum atomic E-state index is -0.724. The van der Waals surface area contributed by atoms with Crippen LogP contribution in [0.3, 0.4) is 0 Å². The lowest BCUT2D eigenvalue weighted by Crippen LogP contribution is -2.37. The summed E-state index contributed by atoms with van der Waals surface area (Å²) in [6.45, 7) is 5.31. The fourth-order valence-corrected chi connectivity index (χ4v) is 1.65. The largest absolute Gasteiger partial charge is 0.444 e. The van der Waals surface area contributed by atoms with Gasteiger partial charge in [0.1, 0.15) is 17.9 Å². The lowest BCUT2D eigenvalue weighted by molar-refractivity contribution is -0.112. The van der Waals surface area contributed by atoms with Gasteiger partial charge in [0, 0.05) is 12.6 Å². The number of rotatable bonds is 3. The number of carbonyl (C=O) groups is 2. The summed E-state index contributed by atoms with van der Waals surface area (Å²) in [6.07, 6.45) is 5.48. The molecule has 0 fully saturated rings. The SMILES string of the molecule is C#Cc1cccc(C(C=O)N(C)C(=O)OC(C)(C)C)c1. The maximum Gasteiger partial charge on any atom is 0.410 e. The van der Waals surface area contributed by atoms with E-state index >= 15 is 0 Å². The predicted octanol–water partition coefficient (Wildman–Crippen LogP) is 2.77. The van der Waals surface area contributed by atoms with E-state index in [0.717, 1.165) is 0 Å². The number of nitrogens with zero attached hydrogens (tertiary/aromatic N) is 1. The second kappa shape index (κ2) is 6.25. The molecule has 0 saturated heterocycles. The van der Waals surface area contributed by atoms with Gasteiger partial charge in [-0.2, -0.15) is 0 Å². The average molecular weight is 273 g/mol. The van der Waals surface area contributed by atoms with Crippen LogP contribution in [0.2, 0.25) is 0 Å². The molecule has 106 valence electrons. The first-order valence-electron chi connectivity index (χ1n) is 6.26. The highest BCUT2D eigenvalue weighted by molar-refractivity contribution is 5.74. The summed E-state index contributed by atoms with van der Waals surface area (Å²) in [5.41, 5.74) is 0.704. The van der Waals surface area contributed by atoms with Gasteiger partial charge in [-0.3, -0.25) is 4.90 Å². The molecule has 0 saturated carbocycles. The number of benzene rings is 1. The Labute approximate surface area is 119 Å². The summed E-state index contributed by atoms with van der Waals surface area (Å²) < 4.78 is 5.25. The van der Waals surface area contributed by atoms with E-state index in [1.165, 1.54) is 11.9 Å². The number of carbonyl (C=O) groups excluding carboxylic acids is 2. The van der Waals surface area contributed by atoms with E-state index in [-0.39, 0.29) is 0 Å². The van der Waals surface area contributed by atoms with Gasteiger partial charge in [0.15, 0.2) is 0 Å². The van der Waals surface area contributed by atoms with Crippen LogP contribution in [0, 0.1) is 12.3 Å². The second-order valence-electron chi connectivity index (χ2n) is 5.44. The van der Waals surface area contributed by atoms with E-state index in [0.29, 0.717) is 17.4 Å². The molecule has 1 rings (SSSR count). The van der Waals surface area contributed by atoms with Crippen LogP contribution < -0.4 is 0 Å². The van der Waals surface area contributed by atoms with E-state index in [1.54, 1.807) is 45.0 Å². The van der Waals surface area contributed by atoms with Crippen LogP contribution in [0.4, 0.5) is 4.79 Å². The third kappa shape index (κ3) is 4.13. The van der Waals surface area contributed by atoms with Crippen molar-refractivity contribution >= 4 is 12.4 Å². The first-order chi connectivity index (χ1) is 9.28. The van der Waals surface area contributed by atoms with Crippen LogP contribution >= 0.6 is 0 Å². The van der Waals surface area contributed by atoms with Crippen molar-refractivity contribution in [3.8, 4) is 12.3 Å². The van der Waals surface area contributed by atoms with Crippen LogP contribution in [0.5, 0.6) is 0 Å². The van der Waals surface area contributed by atoms with E-state index < -0.39 is 17.7 Å². The first kappa shape index (κ1) is 15.8. The quantitative estimate of drug-likeness (QED) is 0.628. The van der Waals surface area contributed by atoms with Crippen molar-refractivity contribution in [3.05, 3.63) is 35.4 Å². The Morgan fingerprint density at radius 2 is 2.10 bits per heavy atom. The minimum Gasteiger partial charge on any atom is -0.444 e. The molecule has 0 aliphatic heterocycles. The zero-order valence-electron chi connectivity index (χ0n) is 12.2. The van der Waals surface area contributed by atoms with E-state index in [1.807, 2.05) is 0 Å². The van der Waals surface area contributed by atoms with Crippen molar-refractivity contribution in [1.29, 1.82) is 0 Å². The standard InChI is InChI=1S/C16H19NO3/c1-6-12-8-7-9-13(10-12)14(11-18)17(5)15(19)20-16(2,3)4/h1,7-11,14H,2-5H3. The van der Waals surface area contributed by atoms with Gasteiger partial charge < -0.3 is 9.53 Å². The van der Waals surface area contributed by atoms with Crippen LogP contribution in [-0.4, -0.2) is 29.9 Å². The van der Waals surface area contributed by atoms with Crippen LogP contribution in [-0.2, 0) is 9.53 Å². The highest BCUT2D eigenvalue weighted by Crippen LogP contribution is 2.20. The molecule has 20 heavy (non-hydrogen) atoms. The molecule has 0 aliphatic rings. The molecule has 0 radical (unpaired) electrons. The molecule has 0 aromatic heterocycles. The van der Waals surface area contributed by atoms with Gasteiger partial charge in [-0.05, 0) is 38.5 Å². The predicted molar refractivity (Wildman–Crippen MR) is 77.2 cm³/mol. The maximum absolute atomic E-state index is 12.0. The molecule has 4 heteroatoms. The fraction of sp³-hybridized carbons (Fsp3) is 0.375. The lowest BCUT2D eigenvalue weighted by Gasteiger charge is -2.28. The van der Waals surface area contributed by atoms with Gasteiger partial charge in [-0.15, -0.1) is 6.42 Å². The van der Waals surface area contributed by atoms with E-state index in [9.17, 15) is 9.59 Å². The molecule has 0 aliphatic carbocycles. The van der Waals surface area contributed by atoms with Gasteiger partial charge >= 0.3 is 6.09 Å². The molecule has 1 aromatic carbocycles. The number of terminal acetylenes is 1. The van der Waals surface area contributed by atoms with Crippen molar-refractivity contribution < 1.29 is 14.3 Å². The van der Waals surface area contributed by atoms with Gasteiger partial charge in [0.05, 0.1) is 0 Å². The summed E-state index contributed by atoms with van der Waals surface area (Å²) in [6, 6.07) is 6.25. The van der Waals surface area contributed by atoms with Gasteiger partial charge in [0.25, 0.3) is 0 Å². The lowest BCUT2D eigenvalue weighted by atomic mass is 10.0. The third-order valence-electron chi connectivity index (χ3n) is 2.62. The van der Waals surface area contributed by atoms with Crippen molar-refractivity contribution in [2.45, 2.75) is 32.4 Å². The molecule has 0 heterocycles. The molecule has 0 spiro atoms. The van der Waals surface area contributed by atoms with E-state index in [4.69, 9.17) is 11.2 Å². The average Bonchev–Trinajstić information content (AvgIpc) is 2.37. The van der Waals surface area contributed by atoms with Crippen molar-refractivity contribution in [3.63, 3.8) is 0 Å². The van der Waals surface area contributed by atoms with Gasteiger partial charge in [0.2, 0.25) is 0 Å². The highest BCUT2D eigenvalue weighted by atomic mass is 16.6. The third-order valence-corrected chi connectivity index (χ3v) is 2.62. The molecular formula is C16H19NO3.